The van der Waals surface area contributed by atoms with Crippen LogP contribution >= 0.6 is 11.8 Å². The third kappa shape index (κ3) is 2.23. The molecule has 0 saturated heterocycles. The van der Waals surface area contributed by atoms with Gasteiger partial charge in [-0.3, -0.25) is 4.79 Å². The van der Waals surface area contributed by atoms with Gasteiger partial charge in [0.15, 0.2) is 5.16 Å². The monoisotopic (exact) mass is 186 g/mol. The molecule has 0 spiro atoms. The molecule has 0 saturated carbocycles. The van der Waals surface area contributed by atoms with E-state index in [1.54, 1.807) is 18.8 Å². The van der Waals surface area contributed by atoms with Crippen LogP contribution in [-0.4, -0.2) is 33.5 Å². The van der Waals surface area contributed by atoms with Gasteiger partial charge in [-0.05, 0) is 0 Å². The van der Waals surface area contributed by atoms with Crippen LogP contribution in [0, 0.1) is 0 Å². The predicted octanol–water partition coefficient (Wildman–Crippen LogP) is -0.347. The van der Waals surface area contributed by atoms with Gasteiger partial charge in [-0.1, -0.05) is 11.8 Å². The molecule has 1 rings (SSSR count). The minimum atomic E-state index is -0.0111. The van der Waals surface area contributed by atoms with E-state index < -0.39 is 0 Å². The van der Waals surface area contributed by atoms with Crippen molar-refractivity contribution in [2.24, 2.45) is 7.05 Å². The Morgan fingerprint density at radius 2 is 2.58 bits per heavy atom. The number of nitrogens with one attached hydrogen (secondary N) is 1. The van der Waals surface area contributed by atoms with Crippen LogP contribution in [0.1, 0.15) is 0 Å². The Balaban J connectivity index is 2.43. The zero-order valence-corrected chi connectivity index (χ0v) is 7.76. The second kappa shape index (κ2) is 4.10. The molecule has 1 aromatic rings. The van der Waals surface area contributed by atoms with Gasteiger partial charge in [-0.25, -0.2) is 9.67 Å². The molecule has 0 aromatic carbocycles. The number of hydrogen-bond donors (Lipinski definition) is 1. The minimum absolute atomic E-state index is 0.0111. The average molecular weight is 186 g/mol. The molecule has 66 valence electrons. The van der Waals surface area contributed by atoms with Gasteiger partial charge in [0, 0.05) is 14.1 Å². The van der Waals surface area contributed by atoms with Crippen LogP contribution in [0.2, 0.25) is 0 Å². The summed E-state index contributed by atoms with van der Waals surface area (Å²) in [5.41, 5.74) is 0. The SMILES string of the molecule is CNC(=O)CSc1ncnn1C. The van der Waals surface area contributed by atoms with E-state index >= 15 is 0 Å². The Morgan fingerprint density at radius 3 is 3.08 bits per heavy atom. The molecule has 1 amide bonds. The maximum Gasteiger partial charge on any atom is 0.230 e. The van der Waals surface area contributed by atoms with E-state index in [9.17, 15) is 4.79 Å². The molecule has 1 heterocycles. The third-order valence-electron chi connectivity index (χ3n) is 1.28. The number of nitrogens with zero attached hydrogens (tertiary/aromatic N) is 3. The predicted molar refractivity (Wildman–Crippen MR) is 45.8 cm³/mol. The maximum absolute atomic E-state index is 10.8. The standard InChI is InChI=1S/C6H10N4OS/c1-7-5(11)3-12-6-8-4-9-10(6)2/h4H,3H2,1-2H3,(H,7,11). The number of amides is 1. The van der Waals surface area contributed by atoms with E-state index in [4.69, 9.17) is 0 Å². The van der Waals surface area contributed by atoms with Crippen LogP contribution in [-0.2, 0) is 11.8 Å². The van der Waals surface area contributed by atoms with E-state index in [-0.39, 0.29) is 5.91 Å². The van der Waals surface area contributed by atoms with E-state index in [1.807, 2.05) is 0 Å². The Bertz CT molecular complexity index is 272. The first-order valence-electron chi connectivity index (χ1n) is 3.41. The zero-order valence-electron chi connectivity index (χ0n) is 6.94. The number of aryl methyl sites for hydroxylation is 1. The molecular formula is C6H10N4OS. The van der Waals surface area contributed by atoms with Crippen molar-refractivity contribution in [2.75, 3.05) is 12.8 Å². The average Bonchev–Trinajstić information content (AvgIpc) is 2.47. The molecule has 0 atom stereocenters. The highest BCUT2D eigenvalue weighted by atomic mass is 32.2. The Labute approximate surface area is 74.6 Å². The van der Waals surface area contributed by atoms with Crippen molar-refractivity contribution in [3.63, 3.8) is 0 Å². The molecule has 0 aliphatic rings. The Morgan fingerprint density at radius 1 is 1.83 bits per heavy atom. The number of aromatic nitrogens is 3. The summed E-state index contributed by atoms with van der Waals surface area (Å²) in [7, 11) is 3.40. The van der Waals surface area contributed by atoms with Crippen molar-refractivity contribution < 1.29 is 4.79 Å². The molecule has 0 aliphatic carbocycles. The van der Waals surface area contributed by atoms with Crippen LogP contribution in [0.25, 0.3) is 0 Å². The van der Waals surface area contributed by atoms with Crippen molar-refractivity contribution in [3.05, 3.63) is 6.33 Å². The lowest BCUT2D eigenvalue weighted by Gasteiger charge is -1.98. The van der Waals surface area contributed by atoms with E-state index in [1.165, 1.54) is 18.1 Å². The molecule has 1 N–H and O–H groups in total. The number of thioether (sulfide) groups is 1. The number of rotatable bonds is 3. The lowest BCUT2D eigenvalue weighted by atomic mass is 10.7. The number of carbonyl (C=O) groups excluding carboxylic acids is 1. The van der Waals surface area contributed by atoms with E-state index in [0.29, 0.717) is 5.75 Å². The van der Waals surface area contributed by atoms with Gasteiger partial charge in [-0.15, -0.1) is 0 Å². The zero-order chi connectivity index (χ0) is 8.97. The maximum atomic E-state index is 10.8. The largest absolute Gasteiger partial charge is 0.358 e. The summed E-state index contributed by atoms with van der Waals surface area (Å²) >= 11 is 1.36. The lowest BCUT2D eigenvalue weighted by molar-refractivity contribution is -0.118. The molecule has 6 heteroatoms. The summed E-state index contributed by atoms with van der Waals surface area (Å²) < 4.78 is 1.63. The normalized spacial score (nSPS) is 9.83. The number of carbonyl (C=O) groups is 1. The van der Waals surface area contributed by atoms with E-state index in [2.05, 4.69) is 15.4 Å². The van der Waals surface area contributed by atoms with Crippen LogP contribution in [0.3, 0.4) is 0 Å². The molecule has 0 aliphatic heterocycles. The highest BCUT2D eigenvalue weighted by Gasteiger charge is 2.03. The Kier molecular flexibility index (Phi) is 3.09. The lowest BCUT2D eigenvalue weighted by Crippen LogP contribution is -2.20. The van der Waals surface area contributed by atoms with Gasteiger partial charge < -0.3 is 5.32 Å². The van der Waals surface area contributed by atoms with Gasteiger partial charge >= 0.3 is 0 Å². The molecule has 0 radical (unpaired) electrons. The molecule has 0 fully saturated rings. The molecule has 5 nitrogen and oxygen atoms in total. The summed E-state index contributed by atoms with van der Waals surface area (Å²) in [6, 6.07) is 0. The molecular weight excluding hydrogens is 176 g/mol. The molecule has 1 aromatic heterocycles. The first kappa shape index (κ1) is 9.05. The highest BCUT2D eigenvalue weighted by molar-refractivity contribution is 7.99. The fraction of sp³-hybridized carbons (Fsp3) is 0.500. The van der Waals surface area contributed by atoms with Gasteiger partial charge in [0.25, 0.3) is 0 Å². The second-order valence-corrected chi connectivity index (χ2v) is 3.07. The van der Waals surface area contributed by atoms with Gasteiger partial charge in [0.05, 0.1) is 5.75 Å². The van der Waals surface area contributed by atoms with Gasteiger partial charge in [0.2, 0.25) is 5.91 Å². The highest BCUT2D eigenvalue weighted by Crippen LogP contribution is 2.11. The van der Waals surface area contributed by atoms with Crippen molar-refractivity contribution in [3.8, 4) is 0 Å². The van der Waals surface area contributed by atoms with Crippen molar-refractivity contribution >= 4 is 17.7 Å². The molecule has 0 bridgehead atoms. The summed E-state index contributed by atoms with van der Waals surface area (Å²) in [5.74, 6) is 0.367. The summed E-state index contributed by atoms with van der Waals surface area (Å²) in [6.45, 7) is 0. The van der Waals surface area contributed by atoms with Crippen molar-refractivity contribution in [2.45, 2.75) is 5.16 Å². The summed E-state index contributed by atoms with van der Waals surface area (Å²) in [6.07, 6.45) is 1.46. The van der Waals surface area contributed by atoms with Crippen molar-refractivity contribution in [1.29, 1.82) is 0 Å². The first-order valence-corrected chi connectivity index (χ1v) is 4.40. The number of hydrogen-bond acceptors (Lipinski definition) is 4. The first-order chi connectivity index (χ1) is 5.74. The third-order valence-corrected chi connectivity index (χ3v) is 2.32. The fourth-order valence-electron chi connectivity index (χ4n) is 0.619. The fourth-order valence-corrected chi connectivity index (χ4v) is 1.38. The van der Waals surface area contributed by atoms with Crippen LogP contribution in [0.5, 0.6) is 0 Å². The quantitative estimate of drug-likeness (QED) is 0.656. The Hall–Kier alpha value is -1.04. The van der Waals surface area contributed by atoms with Gasteiger partial charge in [0.1, 0.15) is 6.33 Å². The molecule has 0 unspecified atom stereocenters. The topological polar surface area (TPSA) is 59.8 Å². The van der Waals surface area contributed by atoms with Crippen LogP contribution < -0.4 is 5.32 Å². The van der Waals surface area contributed by atoms with Gasteiger partial charge in [-0.2, -0.15) is 5.10 Å². The van der Waals surface area contributed by atoms with Crippen molar-refractivity contribution in [1.82, 2.24) is 20.1 Å². The molecule has 12 heavy (non-hydrogen) atoms. The van der Waals surface area contributed by atoms with Crippen LogP contribution in [0.4, 0.5) is 0 Å². The minimum Gasteiger partial charge on any atom is -0.358 e. The van der Waals surface area contributed by atoms with E-state index in [0.717, 1.165) is 5.16 Å². The second-order valence-electron chi connectivity index (χ2n) is 2.13. The summed E-state index contributed by atoms with van der Waals surface area (Å²) in [5, 5.41) is 7.15. The summed E-state index contributed by atoms with van der Waals surface area (Å²) in [4.78, 5) is 14.8. The van der Waals surface area contributed by atoms with Crippen LogP contribution in [0.15, 0.2) is 11.5 Å². The smallest absolute Gasteiger partial charge is 0.230 e.